The molecule has 1 saturated heterocycles. The molecule has 6 nitrogen and oxygen atoms in total. The molecule has 2 aromatic heterocycles. The summed E-state index contributed by atoms with van der Waals surface area (Å²) >= 11 is 0. The van der Waals surface area contributed by atoms with Gasteiger partial charge in [0.2, 0.25) is 0 Å². The molecule has 28 heavy (non-hydrogen) atoms. The van der Waals surface area contributed by atoms with Gasteiger partial charge in [0.05, 0.1) is 11.8 Å². The van der Waals surface area contributed by atoms with Crippen molar-refractivity contribution >= 4 is 5.91 Å². The Morgan fingerprint density at radius 2 is 1.86 bits per heavy atom. The number of H-pyrrole nitrogens is 1. The van der Waals surface area contributed by atoms with Crippen molar-refractivity contribution in [1.82, 2.24) is 20.1 Å². The van der Waals surface area contributed by atoms with E-state index in [1.165, 1.54) is 0 Å². The molecule has 0 bridgehead atoms. The molecule has 3 heterocycles. The molecule has 1 aromatic carbocycles. The lowest BCUT2D eigenvalue weighted by Crippen LogP contribution is -2.41. The Morgan fingerprint density at radius 3 is 2.57 bits per heavy atom. The van der Waals surface area contributed by atoms with Crippen molar-refractivity contribution in [2.45, 2.75) is 25.4 Å². The van der Waals surface area contributed by atoms with E-state index >= 15 is 0 Å². The number of carbonyl (C=O) groups is 1. The molecule has 1 aliphatic rings. The average Bonchev–Trinajstić information content (AvgIpc) is 3.25. The Kier molecular flexibility index (Phi) is 5.48. The van der Waals surface area contributed by atoms with Crippen LogP contribution in [0.2, 0.25) is 0 Å². The minimum absolute atomic E-state index is 0.0381. The van der Waals surface area contributed by atoms with Gasteiger partial charge in [-0.3, -0.25) is 14.9 Å². The number of aromatic amines is 1. The van der Waals surface area contributed by atoms with Crippen LogP contribution in [0.15, 0.2) is 60.9 Å². The van der Waals surface area contributed by atoms with Gasteiger partial charge in [0.15, 0.2) is 0 Å². The summed E-state index contributed by atoms with van der Waals surface area (Å²) in [7, 11) is 0. The molecule has 2 N–H and O–H groups in total. The van der Waals surface area contributed by atoms with Crippen LogP contribution in [0.5, 0.6) is 0 Å². The van der Waals surface area contributed by atoms with Crippen LogP contribution < -0.4 is 0 Å². The van der Waals surface area contributed by atoms with Gasteiger partial charge < -0.3 is 10.0 Å². The number of aliphatic hydroxyl groups excluding tert-OH is 1. The van der Waals surface area contributed by atoms with Crippen LogP contribution in [0, 0.1) is 5.92 Å². The summed E-state index contributed by atoms with van der Waals surface area (Å²) in [4.78, 5) is 18.6. The van der Waals surface area contributed by atoms with E-state index in [0.29, 0.717) is 25.2 Å². The van der Waals surface area contributed by atoms with Crippen LogP contribution in [-0.2, 0) is 6.42 Å². The van der Waals surface area contributed by atoms with Crippen LogP contribution in [-0.4, -0.2) is 50.3 Å². The standard InChI is InChI=1S/C22H24N4O2/c27-21(14-16-4-2-1-3-5-16)18-8-12-26(13-9-18)22(28)20-15-19(24-25-20)17-6-10-23-11-7-17/h1-7,10-11,15,18,21,27H,8-9,12-14H2,(H,24,25)/t21-/m1/s1. The van der Waals surface area contributed by atoms with Crippen molar-refractivity contribution in [2.75, 3.05) is 13.1 Å². The molecule has 1 atom stereocenters. The lowest BCUT2D eigenvalue weighted by Gasteiger charge is -2.34. The number of aromatic nitrogens is 3. The number of aliphatic hydroxyl groups is 1. The van der Waals surface area contributed by atoms with Gasteiger partial charge in [-0.25, -0.2) is 0 Å². The normalized spacial score (nSPS) is 16.1. The molecule has 6 heteroatoms. The highest BCUT2D eigenvalue weighted by Crippen LogP contribution is 2.25. The molecule has 0 unspecified atom stereocenters. The van der Waals surface area contributed by atoms with E-state index in [-0.39, 0.29) is 17.9 Å². The van der Waals surface area contributed by atoms with Crippen molar-refractivity contribution in [3.8, 4) is 11.3 Å². The predicted octanol–water partition coefficient (Wildman–Crippen LogP) is 2.93. The van der Waals surface area contributed by atoms with E-state index in [1.54, 1.807) is 18.5 Å². The number of pyridine rings is 1. The lowest BCUT2D eigenvalue weighted by atomic mass is 9.88. The molecule has 144 valence electrons. The number of nitrogens with zero attached hydrogens (tertiary/aromatic N) is 3. The molecule has 1 fully saturated rings. The van der Waals surface area contributed by atoms with Gasteiger partial charge in [-0.1, -0.05) is 30.3 Å². The van der Waals surface area contributed by atoms with Gasteiger partial charge in [-0.15, -0.1) is 0 Å². The van der Waals surface area contributed by atoms with Gasteiger partial charge >= 0.3 is 0 Å². The maximum atomic E-state index is 12.8. The first-order chi connectivity index (χ1) is 13.7. The summed E-state index contributed by atoms with van der Waals surface area (Å²) < 4.78 is 0. The Labute approximate surface area is 164 Å². The van der Waals surface area contributed by atoms with Crippen LogP contribution >= 0.6 is 0 Å². The van der Waals surface area contributed by atoms with E-state index in [9.17, 15) is 9.90 Å². The van der Waals surface area contributed by atoms with Crippen LogP contribution in [0.25, 0.3) is 11.3 Å². The van der Waals surface area contributed by atoms with Gasteiger partial charge in [0.1, 0.15) is 5.69 Å². The highest BCUT2D eigenvalue weighted by Gasteiger charge is 2.28. The van der Waals surface area contributed by atoms with Crippen molar-refractivity contribution < 1.29 is 9.90 Å². The van der Waals surface area contributed by atoms with Crippen molar-refractivity contribution in [1.29, 1.82) is 0 Å². The summed E-state index contributed by atoms with van der Waals surface area (Å²) in [5, 5.41) is 17.7. The van der Waals surface area contributed by atoms with Crippen LogP contribution in [0.1, 0.15) is 28.9 Å². The zero-order chi connectivity index (χ0) is 19.3. The summed E-state index contributed by atoms with van der Waals surface area (Å²) in [6.07, 6.45) is 5.32. The number of piperidine rings is 1. The molecule has 0 saturated carbocycles. The Morgan fingerprint density at radius 1 is 1.14 bits per heavy atom. The fraction of sp³-hybridized carbons (Fsp3) is 0.318. The Balaban J connectivity index is 1.33. The zero-order valence-electron chi connectivity index (χ0n) is 15.7. The molecule has 4 rings (SSSR count). The fourth-order valence-corrected chi connectivity index (χ4v) is 3.78. The number of nitrogens with one attached hydrogen (secondary N) is 1. The third kappa shape index (κ3) is 4.12. The number of hydrogen-bond acceptors (Lipinski definition) is 4. The summed E-state index contributed by atoms with van der Waals surface area (Å²) in [5.41, 5.74) is 3.30. The molecular weight excluding hydrogens is 352 g/mol. The first kappa shape index (κ1) is 18.4. The number of benzene rings is 1. The first-order valence-electron chi connectivity index (χ1n) is 9.68. The van der Waals surface area contributed by atoms with E-state index < -0.39 is 0 Å². The maximum absolute atomic E-state index is 12.8. The third-order valence-electron chi connectivity index (χ3n) is 5.44. The van der Waals surface area contributed by atoms with Crippen LogP contribution in [0.3, 0.4) is 0 Å². The van der Waals surface area contributed by atoms with E-state index in [0.717, 1.165) is 29.7 Å². The summed E-state index contributed by atoms with van der Waals surface area (Å²) in [6, 6.07) is 15.6. The number of likely N-dealkylation sites (tertiary alicyclic amines) is 1. The number of carbonyl (C=O) groups excluding carboxylic acids is 1. The second kappa shape index (κ2) is 8.35. The molecule has 3 aromatic rings. The highest BCUT2D eigenvalue weighted by atomic mass is 16.3. The monoisotopic (exact) mass is 376 g/mol. The molecular formula is C22H24N4O2. The minimum atomic E-state index is -0.370. The Hall–Kier alpha value is -2.99. The minimum Gasteiger partial charge on any atom is -0.392 e. The predicted molar refractivity (Wildman–Crippen MR) is 107 cm³/mol. The smallest absolute Gasteiger partial charge is 0.271 e. The zero-order valence-corrected chi connectivity index (χ0v) is 15.7. The van der Waals surface area contributed by atoms with Gasteiger partial charge in [-0.2, -0.15) is 5.10 Å². The number of amides is 1. The summed E-state index contributed by atoms with van der Waals surface area (Å²) in [5.74, 6) is 0.183. The van der Waals surface area contributed by atoms with E-state index in [4.69, 9.17) is 0 Å². The van der Waals surface area contributed by atoms with Crippen molar-refractivity contribution in [2.24, 2.45) is 5.92 Å². The number of rotatable bonds is 5. The third-order valence-corrected chi connectivity index (χ3v) is 5.44. The number of hydrogen-bond donors (Lipinski definition) is 2. The maximum Gasteiger partial charge on any atom is 0.271 e. The summed E-state index contributed by atoms with van der Waals surface area (Å²) in [6.45, 7) is 1.30. The van der Waals surface area contributed by atoms with Gasteiger partial charge in [0, 0.05) is 31.0 Å². The van der Waals surface area contributed by atoms with Crippen LogP contribution in [0.4, 0.5) is 0 Å². The van der Waals surface area contributed by atoms with Crippen molar-refractivity contribution in [3.05, 3.63) is 72.2 Å². The largest absolute Gasteiger partial charge is 0.392 e. The van der Waals surface area contributed by atoms with Gasteiger partial charge in [0.25, 0.3) is 5.91 Å². The quantitative estimate of drug-likeness (QED) is 0.717. The highest BCUT2D eigenvalue weighted by molar-refractivity contribution is 5.93. The first-order valence-corrected chi connectivity index (χ1v) is 9.68. The van der Waals surface area contributed by atoms with E-state index in [2.05, 4.69) is 15.2 Å². The molecule has 1 aliphatic heterocycles. The SMILES string of the molecule is O=C(c1cc(-c2ccncc2)n[nH]1)N1CCC([C@H](O)Cc2ccccc2)CC1. The second-order valence-corrected chi connectivity index (χ2v) is 7.29. The fourth-order valence-electron chi connectivity index (χ4n) is 3.78. The van der Waals surface area contributed by atoms with E-state index in [1.807, 2.05) is 47.4 Å². The van der Waals surface area contributed by atoms with Gasteiger partial charge in [-0.05, 0) is 48.9 Å². The average molecular weight is 376 g/mol. The molecule has 0 radical (unpaired) electrons. The molecule has 0 aliphatic carbocycles. The second-order valence-electron chi connectivity index (χ2n) is 7.29. The lowest BCUT2D eigenvalue weighted by molar-refractivity contribution is 0.0463. The van der Waals surface area contributed by atoms with Crippen molar-refractivity contribution in [3.63, 3.8) is 0 Å². The Bertz CT molecular complexity index is 903. The topological polar surface area (TPSA) is 82.1 Å². The molecule has 0 spiro atoms. The molecule has 1 amide bonds.